The van der Waals surface area contributed by atoms with E-state index in [1.54, 1.807) is 0 Å². The highest BCUT2D eigenvalue weighted by Gasteiger charge is 2.18. The third kappa shape index (κ3) is 4.81. The van der Waals surface area contributed by atoms with E-state index in [4.69, 9.17) is 4.74 Å². The summed E-state index contributed by atoms with van der Waals surface area (Å²) in [5, 5.41) is 4.26. The zero-order valence-corrected chi connectivity index (χ0v) is 14.1. The van der Waals surface area contributed by atoms with Gasteiger partial charge in [-0.3, -0.25) is 4.79 Å². The van der Waals surface area contributed by atoms with E-state index in [1.165, 1.54) is 0 Å². The largest absolute Gasteiger partial charge is 0.483 e. The van der Waals surface area contributed by atoms with E-state index in [-0.39, 0.29) is 12.5 Å². The van der Waals surface area contributed by atoms with Crippen LogP contribution in [0.2, 0.25) is 0 Å². The second-order valence-electron chi connectivity index (χ2n) is 6.02. The van der Waals surface area contributed by atoms with Gasteiger partial charge in [0, 0.05) is 0 Å². The van der Waals surface area contributed by atoms with Gasteiger partial charge in [0.1, 0.15) is 5.75 Å². The molecule has 0 saturated heterocycles. The smallest absolute Gasteiger partial charge is 0.277 e. The van der Waals surface area contributed by atoms with Gasteiger partial charge >= 0.3 is 0 Å². The maximum Gasteiger partial charge on any atom is 0.277 e. The predicted molar refractivity (Wildman–Crippen MR) is 93.5 cm³/mol. The van der Waals surface area contributed by atoms with Crippen molar-refractivity contribution in [2.75, 3.05) is 6.61 Å². The van der Waals surface area contributed by atoms with Gasteiger partial charge in [0.2, 0.25) is 0 Å². The van der Waals surface area contributed by atoms with E-state index in [9.17, 15) is 4.79 Å². The van der Waals surface area contributed by atoms with E-state index >= 15 is 0 Å². The molecule has 1 aliphatic carbocycles. The van der Waals surface area contributed by atoms with Crippen LogP contribution in [0.3, 0.4) is 0 Å². The lowest BCUT2D eigenvalue weighted by molar-refractivity contribution is -0.123. The molecule has 4 nitrogen and oxygen atoms in total. The average molecular weight is 312 g/mol. The Morgan fingerprint density at radius 1 is 1.39 bits per heavy atom. The molecule has 0 spiro atoms. The Balaban J connectivity index is 1.90. The molecule has 1 aromatic carbocycles. The summed E-state index contributed by atoms with van der Waals surface area (Å²) in [5.74, 6) is 0.856. The highest BCUT2D eigenvalue weighted by Crippen LogP contribution is 2.26. The van der Waals surface area contributed by atoms with Gasteiger partial charge in [-0.05, 0) is 56.7 Å². The minimum atomic E-state index is -0.258. The summed E-state index contributed by atoms with van der Waals surface area (Å²) in [4.78, 5) is 11.9. The van der Waals surface area contributed by atoms with Crippen LogP contribution in [0.5, 0.6) is 5.75 Å². The van der Waals surface area contributed by atoms with Gasteiger partial charge in [-0.2, -0.15) is 5.10 Å². The first kappa shape index (κ1) is 17.0. The van der Waals surface area contributed by atoms with Crippen LogP contribution in [0.4, 0.5) is 0 Å². The first-order valence-corrected chi connectivity index (χ1v) is 7.83. The van der Waals surface area contributed by atoms with Gasteiger partial charge in [-0.1, -0.05) is 36.4 Å². The number of aryl methyl sites for hydroxylation is 1. The third-order valence-electron chi connectivity index (χ3n) is 4.07. The number of carbonyl (C=O) groups is 1. The number of rotatable bonds is 5. The number of para-hydroxylation sites is 1. The molecule has 0 aromatic heterocycles. The standard InChI is InChI=1S/C19H24N2O2/c1-13(2)16-10-9-14(3)17(11-16)20-21-19(22)12-23-18-8-6-5-7-15(18)4/h5-9,16H,1,10-12H2,2-4H3,(H,21,22)/b20-17-. The van der Waals surface area contributed by atoms with E-state index in [1.807, 2.05) is 45.0 Å². The van der Waals surface area contributed by atoms with Crippen molar-refractivity contribution < 1.29 is 9.53 Å². The molecule has 122 valence electrons. The molecule has 1 unspecified atom stereocenters. The van der Waals surface area contributed by atoms with Crippen molar-refractivity contribution in [2.24, 2.45) is 11.0 Å². The molecule has 2 rings (SSSR count). The van der Waals surface area contributed by atoms with Gasteiger partial charge in [-0.25, -0.2) is 5.43 Å². The van der Waals surface area contributed by atoms with Gasteiger partial charge in [0.25, 0.3) is 5.91 Å². The number of nitrogens with one attached hydrogen (secondary N) is 1. The Kier molecular flexibility index (Phi) is 5.74. The normalized spacial score (nSPS) is 19.2. The highest BCUT2D eigenvalue weighted by molar-refractivity contribution is 6.01. The topological polar surface area (TPSA) is 50.7 Å². The monoisotopic (exact) mass is 312 g/mol. The summed E-state index contributed by atoms with van der Waals surface area (Å²) >= 11 is 0. The average Bonchev–Trinajstić information content (AvgIpc) is 2.53. The summed E-state index contributed by atoms with van der Waals surface area (Å²) in [6, 6.07) is 7.61. The second kappa shape index (κ2) is 7.77. The van der Waals surface area contributed by atoms with Crippen molar-refractivity contribution in [1.29, 1.82) is 0 Å². The number of hydrogen-bond donors (Lipinski definition) is 1. The van der Waals surface area contributed by atoms with Gasteiger partial charge in [0.05, 0.1) is 5.71 Å². The van der Waals surface area contributed by atoms with Crippen molar-refractivity contribution in [3.8, 4) is 5.75 Å². The first-order valence-electron chi connectivity index (χ1n) is 7.83. The van der Waals surface area contributed by atoms with Crippen LogP contribution in [-0.2, 0) is 4.79 Å². The number of carbonyl (C=O) groups excluding carboxylic acids is 1. The lowest BCUT2D eigenvalue weighted by Gasteiger charge is -2.22. The summed E-state index contributed by atoms with van der Waals surface area (Å²) in [7, 11) is 0. The van der Waals surface area contributed by atoms with Crippen LogP contribution in [0, 0.1) is 12.8 Å². The summed E-state index contributed by atoms with van der Waals surface area (Å²) in [6.07, 6.45) is 3.96. The SMILES string of the molecule is C=C(C)C1CC=C(C)/C(=N\NC(=O)COc2ccccc2C)C1. The minimum absolute atomic E-state index is 0.0473. The minimum Gasteiger partial charge on any atom is -0.483 e. The zero-order chi connectivity index (χ0) is 16.8. The third-order valence-corrected chi connectivity index (χ3v) is 4.07. The number of allylic oxidation sites excluding steroid dienone is 3. The first-order chi connectivity index (χ1) is 11.0. The fourth-order valence-electron chi connectivity index (χ4n) is 2.45. The van der Waals surface area contributed by atoms with Gasteiger partial charge < -0.3 is 4.74 Å². The van der Waals surface area contributed by atoms with Crippen molar-refractivity contribution in [3.05, 3.63) is 53.6 Å². The van der Waals surface area contributed by atoms with Crippen molar-refractivity contribution in [2.45, 2.75) is 33.6 Å². The van der Waals surface area contributed by atoms with Gasteiger partial charge in [0.15, 0.2) is 6.61 Å². The maximum atomic E-state index is 11.9. The maximum absolute atomic E-state index is 11.9. The fraction of sp³-hybridized carbons (Fsp3) is 0.368. The lowest BCUT2D eigenvalue weighted by Crippen LogP contribution is -2.27. The van der Waals surface area contributed by atoms with Crippen molar-refractivity contribution >= 4 is 11.6 Å². The van der Waals surface area contributed by atoms with E-state index < -0.39 is 0 Å². The van der Waals surface area contributed by atoms with E-state index in [0.717, 1.165) is 35.3 Å². The molecule has 0 aliphatic heterocycles. The summed E-state index contributed by atoms with van der Waals surface area (Å²) < 4.78 is 5.51. The van der Waals surface area contributed by atoms with Crippen LogP contribution in [0.1, 0.15) is 32.3 Å². The van der Waals surface area contributed by atoms with Crippen LogP contribution < -0.4 is 10.2 Å². The number of amides is 1. The van der Waals surface area contributed by atoms with Crippen molar-refractivity contribution in [3.63, 3.8) is 0 Å². The van der Waals surface area contributed by atoms with E-state index in [2.05, 4.69) is 23.2 Å². The second-order valence-corrected chi connectivity index (χ2v) is 6.02. The molecule has 1 atom stereocenters. The molecule has 1 aliphatic rings. The molecule has 1 aromatic rings. The molecular weight excluding hydrogens is 288 g/mol. The van der Waals surface area contributed by atoms with Gasteiger partial charge in [-0.15, -0.1) is 0 Å². The summed E-state index contributed by atoms with van der Waals surface area (Å²) in [6.45, 7) is 9.96. The molecule has 1 N–H and O–H groups in total. The molecule has 0 saturated carbocycles. The fourth-order valence-corrected chi connectivity index (χ4v) is 2.45. The molecule has 0 fully saturated rings. The Bertz CT molecular complexity index is 659. The highest BCUT2D eigenvalue weighted by atomic mass is 16.5. The molecule has 23 heavy (non-hydrogen) atoms. The Morgan fingerprint density at radius 3 is 2.83 bits per heavy atom. The number of nitrogens with zero attached hydrogens (tertiary/aromatic N) is 1. The van der Waals surface area contributed by atoms with Crippen molar-refractivity contribution in [1.82, 2.24) is 5.43 Å². The number of hydrogen-bond acceptors (Lipinski definition) is 3. The molecule has 0 heterocycles. The number of ether oxygens (including phenoxy) is 1. The number of benzene rings is 1. The van der Waals surface area contributed by atoms with Crippen LogP contribution in [0.25, 0.3) is 0 Å². The summed E-state index contributed by atoms with van der Waals surface area (Å²) in [5.41, 5.74) is 6.76. The molecule has 0 bridgehead atoms. The lowest BCUT2D eigenvalue weighted by atomic mass is 9.85. The van der Waals surface area contributed by atoms with E-state index in [0.29, 0.717) is 11.7 Å². The molecular formula is C19H24N2O2. The zero-order valence-electron chi connectivity index (χ0n) is 14.1. The molecule has 4 heteroatoms. The predicted octanol–water partition coefficient (Wildman–Crippen LogP) is 3.78. The van der Waals surface area contributed by atoms with Crippen LogP contribution in [0.15, 0.2) is 53.2 Å². The Morgan fingerprint density at radius 2 is 2.13 bits per heavy atom. The Hall–Kier alpha value is -2.36. The molecule has 0 radical (unpaired) electrons. The number of hydrazone groups is 1. The van der Waals surface area contributed by atoms with Crippen LogP contribution >= 0.6 is 0 Å². The molecule has 1 amide bonds. The van der Waals surface area contributed by atoms with Crippen LogP contribution in [-0.4, -0.2) is 18.2 Å². The quantitative estimate of drug-likeness (QED) is 0.664. The Labute approximate surface area is 137 Å².